The lowest BCUT2D eigenvalue weighted by Crippen LogP contribution is -2.43. The number of aliphatic hydroxyl groups is 1. The number of nitrogens with one attached hydrogen (secondary N) is 1. The van der Waals surface area contributed by atoms with Crippen LogP contribution < -0.4 is 5.43 Å². The molecule has 1 heterocycles. The molecule has 0 fully saturated rings. The summed E-state index contributed by atoms with van der Waals surface area (Å²) >= 11 is 0. The van der Waals surface area contributed by atoms with Crippen LogP contribution in [0.5, 0.6) is 0 Å². The van der Waals surface area contributed by atoms with Gasteiger partial charge < -0.3 is 5.11 Å². The monoisotopic (exact) mass is 232 g/mol. The summed E-state index contributed by atoms with van der Waals surface area (Å²) in [5.41, 5.74) is 4.27. The van der Waals surface area contributed by atoms with Crippen molar-refractivity contribution in [1.29, 1.82) is 0 Å². The van der Waals surface area contributed by atoms with E-state index in [9.17, 15) is 5.11 Å². The molecule has 90 valence electrons. The van der Waals surface area contributed by atoms with Crippen LogP contribution in [0.3, 0.4) is 0 Å². The molecule has 0 saturated carbocycles. The van der Waals surface area contributed by atoms with E-state index in [-0.39, 0.29) is 12.0 Å². The molecule has 1 aromatic rings. The fourth-order valence-electron chi connectivity index (χ4n) is 1.78. The van der Waals surface area contributed by atoms with E-state index in [1.807, 2.05) is 37.3 Å². The normalized spacial score (nSPS) is 19.9. The molecular weight excluding hydrogens is 216 g/mol. The Labute approximate surface area is 100 Å². The van der Waals surface area contributed by atoms with Gasteiger partial charge in [-0.25, -0.2) is 5.43 Å². The van der Waals surface area contributed by atoms with Crippen molar-refractivity contribution in [2.24, 2.45) is 10.2 Å². The number of aliphatic hydroxyl groups excluding tert-OH is 1. The maximum atomic E-state index is 10.2. The van der Waals surface area contributed by atoms with E-state index in [2.05, 4.69) is 15.7 Å². The largest absolute Gasteiger partial charge is 0.492 e. The first-order valence-corrected chi connectivity index (χ1v) is 5.64. The average molecular weight is 232 g/mol. The smallest absolute Gasteiger partial charge is 0.232 e. The van der Waals surface area contributed by atoms with E-state index in [1.165, 1.54) is 0 Å². The fourth-order valence-corrected chi connectivity index (χ4v) is 1.78. The van der Waals surface area contributed by atoms with Crippen LogP contribution in [-0.2, 0) is 0 Å². The molecule has 0 saturated heterocycles. The lowest BCUT2D eigenvalue weighted by atomic mass is 10.1. The Kier molecular flexibility index (Phi) is 3.39. The Morgan fingerprint density at radius 1 is 1.35 bits per heavy atom. The zero-order valence-electron chi connectivity index (χ0n) is 9.96. The highest BCUT2D eigenvalue weighted by atomic mass is 16.3. The first-order valence-electron chi connectivity index (χ1n) is 5.64. The highest BCUT2D eigenvalue weighted by molar-refractivity contribution is 5.65. The van der Waals surface area contributed by atoms with E-state index in [0.717, 1.165) is 12.0 Å². The van der Waals surface area contributed by atoms with Gasteiger partial charge in [-0.2, -0.15) is 5.11 Å². The maximum Gasteiger partial charge on any atom is 0.232 e. The molecule has 0 aliphatic carbocycles. The van der Waals surface area contributed by atoms with Crippen molar-refractivity contribution in [2.75, 3.05) is 7.05 Å². The first kappa shape index (κ1) is 11.6. The van der Waals surface area contributed by atoms with Gasteiger partial charge in [0.05, 0.1) is 0 Å². The number of hydrazine groups is 1. The molecule has 2 rings (SSSR count). The molecule has 17 heavy (non-hydrogen) atoms. The predicted octanol–water partition coefficient (Wildman–Crippen LogP) is 2.51. The van der Waals surface area contributed by atoms with Gasteiger partial charge in [-0.3, -0.25) is 5.01 Å². The van der Waals surface area contributed by atoms with Crippen LogP contribution in [0.2, 0.25) is 0 Å². The quantitative estimate of drug-likeness (QED) is 0.841. The van der Waals surface area contributed by atoms with Crippen LogP contribution in [0.1, 0.15) is 18.9 Å². The van der Waals surface area contributed by atoms with Crippen LogP contribution in [-0.4, -0.2) is 23.3 Å². The Morgan fingerprint density at radius 3 is 2.65 bits per heavy atom. The zero-order chi connectivity index (χ0) is 12.3. The van der Waals surface area contributed by atoms with Crippen LogP contribution >= 0.6 is 0 Å². The van der Waals surface area contributed by atoms with Crippen LogP contribution in [0.15, 0.2) is 46.4 Å². The summed E-state index contributed by atoms with van der Waals surface area (Å²) in [6.07, 6.45) is 0.615. The van der Waals surface area contributed by atoms with Crippen molar-refractivity contribution < 1.29 is 5.11 Å². The Hall–Kier alpha value is -1.88. The van der Waals surface area contributed by atoms with Crippen molar-refractivity contribution in [2.45, 2.75) is 19.5 Å². The highest BCUT2D eigenvalue weighted by Gasteiger charge is 2.25. The third-order valence-corrected chi connectivity index (χ3v) is 2.68. The summed E-state index contributed by atoms with van der Waals surface area (Å²) in [6, 6.07) is 9.52. The van der Waals surface area contributed by atoms with Gasteiger partial charge in [0.25, 0.3) is 0 Å². The van der Waals surface area contributed by atoms with Crippen LogP contribution in [0.4, 0.5) is 0 Å². The molecule has 1 aliphatic rings. The van der Waals surface area contributed by atoms with E-state index in [1.54, 1.807) is 12.1 Å². The molecule has 0 radical (unpaired) electrons. The van der Waals surface area contributed by atoms with Crippen molar-refractivity contribution in [1.82, 2.24) is 10.4 Å². The second-order valence-corrected chi connectivity index (χ2v) is 3.74. The zero-order valence-corrected chi connectivity index (χ0v) is 9.96. The van der Waals surface area contributed by atoms with E-state index >= 15 is 0 Å². The second-order valence-electron chi connectivity index (χ2n) is 3.74. The Balaban J connectivity index is 2.38. The predicted molar refractivity (Wildman–Crippen MR) is 65.8 cm³/mol. The van der Waals surface area contributed by atoms with Gasteiger partial charge in [-0.05, 0) is 6.42 Å². The van der Waals surface area contributed by atoms with Crippen LogP contribution in [0, 0.1) is 0 Å². The molecule has 0 spiro atoms. The number of hydrogen-bond donors (Lipinski definition) is 2. The molecule has 1 aromatic carbocycles. The van der Waals surface area contributed by atoms with Crippen molar-refractivity contribution in [3.05, 3.63) is 41.8 Å². The molecular formula is C12H16N4O. The molecule has 0 amide bonds. The summed E-state index contributed by atoms with van der Waals surface area (Å²) in [5.74, 6) is 0.112. The minimum absolute atomic E-state index is 0.112. The van der Waals surface area contributed by atoms with Crippen molar-refractivity contribution >= 4 is 5.70 Å². The molecule has 0 aromatic heterocycles. The number of rotatable bonds is 3. The minimum atomic E-state index is -0.160. The molecule has 0 bridgehead atoms. The summed E-state index contributed by atoms with van der Waals surface area (Å²) in [6.45, 7) is 1.99. The minimum Gasteiger partial charge on any atom is -0.492 e. The summed E-state index contributed by atoms with van der Waals surface area (Å²) in [4.78, 5) is 0. The molecule has 1 unspecified atom stereocenters. The standard InChI is InChI=1S/C12H16N4O/c1-3-10-14-15-11(12(17)16(10)13-2)9-7-5-4-6-8-9/h4-8,10,13,17H,3H2,1-2H3. The van der Waals surface area contributed by atoms with Crippen LogP contribution in [0.25, 0.3) is 5.70 Å². The van der Waals surface area contributed by atoms with E-state index in [4.69, 9.17) is 0 Å². The summed E-state index contributed by atoms with van der Waals surface area (Å²) < 4.78 is 0. The lowest BCUT2D eigenvalue weighted by molar-refractivity contribution is 0.0985. The van der Waals surface area contributed by atoms with Gasteiger partial charge in [0, 0.05) is 12.6 Å². The van der Waals surface area contributed by atoms with Gasteiger partial charge in [0.2, 0.25) is 5.88 Å². The van der Waals surface area contributed by atoms with Crippen molar-refractivity contribution in [3.8, 4) is 0 Å². The Morgan fingerprint density at radius 2 is 2.06 bits per heavy atom. The fraction of sp³-hybridized carbons (Fsp3) is 0.333. The number of benzene rings is 1. The van der Waals surface area contributed by atoms with Gasteiger partial charge in [0.15, 0.2) is 11.9 Å². The van der Waals surface area contributed by atoms with Gasteiger partial charge in [0.1, 0.15) is 0 Å². The molecule has 5 nitrogen and oxygen atoms in total. The SMILES string of the molecule is CCC1N=NC(c2ccccc2)=C(O)N1NC. The van der Waals surface area contributed by atoms with E-state index in [0.29, 0.717) is 5.70 Å². The number of azo groups is 1. The number of hydrogen-bond acceptors (Lipinski definition) is 5. The van der Waals surface area contributed by atoms with Crippen molar-refractivity contribution in [3.63, 3.8) is 0 Å². The van der Waals surface area contributed by atoms with Gasteiger partial charge in [-0.15, -0.1) is 5.11 Å². The number of nitrogens with zero attached hydrogens (tertiary/aromatic N) is 3. The second kappa shape index (κ2) is 4.97. The molecule has 1 atom stereocenters. The third-order valence-electron chi connectivity index (χ3n) is 2.68. The first-order chi connectivity index (χ1) is 8.27. The maximum absolute atomic E-state index is 10.2. The highest BCUT2D eigenvalue weighted by Crippen LogP contribution is 2.27. The van der Waals surface area contributed by atoms with Gasteiger partial charge >= 0.3 is 0 Å². The van der Waals surface area contributed by atoms with E-state index < -0.39 is 0 Å². The molecule has 2 N–H and O–H groups in total. The molecule has 5 heteroatoms. The summed E-state index contributed by atoms with van der Waals surface area (Å²) in [7, 11) is 1.75. The third kappa shape index (κ3) is 2.14. The van der Waals surface area contributed by atoms with Gasteiger partial charge in [-0.1, -0.05) is 37.3 Å². The average Bonchev–Trinajstić information content (AvgIpc) is 2.39. The topological polar surface area (TPSA) is 60.2 Å². The lowest BCUT2D eigenvalue weighted by Gasteiger charge is -2.30. The summed E-state index contributed by atoms with van der Waals surface area (Å²) in [5, 5.41) is 20.1. The molecule has 1 aliphatic heterocycles. The Bertz CT molecular complexity index is 441.